The van der Waals surface area contributed by atoms with Crippen LogP contribution in [0, 0.1) is 27.4 Å². The lowest BCUT2D eigenvalue weighted by Gasteiger charge is -2.30. The first-order valence-electron chi connectivity index (χ1n) is 9.02. The van der Waals surface area contributed by atoms with Crippen molar-refractivity contribution in [1.29, 1.82) is 5.26 Å². The Kier molecular flexibility index (Phi) is 5.64. The molecule has 0 spiro atoms. The summed E-state index contributed by atoms with van der Waals surface area (Å²) in [7, 11) is 0. The van der Waals surface area contributed by atoms with Gasteiger partial charge in [-0.3, -0.25) is 10.1 Å². The van der Waals surface area contributed by atoms with Gasteiger partial charge in [0.25, 0.3) is 5.69 Å². The summed E-state index contributed by atoms with van der Waals surface area (Å²) in [4.78, 5) is 17.4. The van der Waals surface area contributed by atoms with Crippen LogP contribution < -0.4 is 5.32 Å². The molecule has 7 heteroatoms. The summed E-state index contributed by atoms with van der Waals surface area (Å²) >= 11 is 0. The van der Waals surface area contributed by atoms with Crippen LogP contribution in [0.3, 0.4) is 0 Å². The molecule has 1 unspecified atom stereocenters. The Morgan fingerprint density at radius 1 is 1.46 bits per heavy atom. The van der Waals surface area contributed by atoms with Crippen molar-refractivity contribution >= 4 is 22.4 Å². The first-order chi connectivity index (χ1) is 12.6. The van der Waals surface area contributed by atoms with E-state index in [9.17, 15) is 15.4 Å². The highest BCUT2D eigenvalue weighted by molar-refractivity contribution is 5.88. The molecule has 1 aromatic heterocycles. The van der Waals surface area contributed by atoms with E-state index >= 15 is 0 Å². The van der Waals surface area contributed by atoms with Gasteiger partial charge < -0.3 is 10.2 Å². The summed E-state index contributed by atoms with van der Waals surface area (Å²) in [6, 6.07) is 8.19. The van der Waals surface area contributed by atoms with Crippen molar-refractivity contribution in [2.45, 2.75) is 26.2 Å². The highest BCUT2D eigenvalue weighted by atomic mass is 16.6. The monoisotopic (exact) mass is 353 g/mol. The molecule has 1 N–H and O–H groups in total. The van der Waals surface area contributed by atoms with Crippen molar-refractivity contribution in [1.82, 2.24) is 9.88 Å². The van der Waals surface area contributed by atoms with Gasteiger partial charge in [0, 0.05) is 30.6 Å². The number of nitrogens with zero attached hydrogens (tertiary/aromatic N) is 4. The molecule has 136 valence electrons. The molecule has 1 aromatic carbocycles. The average molecular weight is 353 g/mol. The Balaban J connectivity index is 1.64. The van der Waals surface area contributed by atoms with Crippen LogP contribution in [0.15, 0.2) is 24.3 Å². The molecule has 1 fully saturated rings. The highest BCUT2D eigenvalue weighted by Gasteiger charge is 2.15. The first kappa shape index (κ1) is 18.1. The van der Waals surface area contributed by atoms with Gasteiger partial charge >= 0.3 is 0 Å². The van der Waals surface area contributed by atoms with Gasteiger partial charge in [-0.05, 0) is 50.4 Å². The second kappa shape index (κ2) is 8.11. The molecule has 1 aliphatic rings. The third-order valence-corrected chi connectivity index (χ3v) is 4.82. The van der Waals surface area contributed by atoms with E-state index in [1.54, 1.807) is 12.1 Å². The van der Waals surface area contributed by atoms with E-state index in [-0.39, 0.29) is 5.69 Å². The lowest BCUT2D eigenvalue weighted by atomic mass is 10.0. The number of aromatic nitrogens is 1. The molecular formula is C19H23N5O2. The van der Waals surface area contributed by atoms with Gasteiger partial charge in [-0.25, -0.2) is 4.98 Å². The van der Waals surface area contributed by atoms with Gasteiger partial charge in [-0.2, -0.15) is 5.26 Å². The zero-order valence-corrected chi connectivity index (χ0v) is 14.9. The normalized spacial score (nSPS) is 17.8. The van der Waals surface area contributed by atoms with Gasteiger partial charge in [0.1, 0.15) is 5.82 Å². The van der Waals surface area contributed by atoms with Crippen LogP contribution in [0.4, 0.5) is 11.5 Å². The third-order valence-electron chi connectivity index (χ3n) is 4.82. The van der Waals surface area contributed by atoms with E-state index in [1.807, 2.05) is 0 Å². The second-order valence-corrected chi connectivity index (χ2v) is 6.95. The molecule has 0 saturated carbocycles. The zero-order valence-electron chi connectivity index (χ0n) is 14.9. The number of benzene rings is 1. The maximum absolute atomic E-state index is 10.9. The molecule has 2 aromatic rings. The maximum Gasteiger partial charge on any atom is 0.270 e. The molecular weight excluding hydrogens is 330 g/mol. The van der Waals surface area contributed by atoms with Crippen LogP contribution in [0.2, 0.25) is 0 Å². The van der Waals surface area contributed by atoms with Crippen molar-refractivity contribution in [3.63, 3.8) is 0 Å². The quantitative estimate of drug-likeness (QED) is 0.485. The Morgan fingerprint density at radius 2 is 2.31 bits per heavy atom. The zero-order chi connectivity index (χ0) is 18.5. The predicted octanol–water partition coefficient (Wildman–Crippen LogP) is 3.55. The van der Waals surface area contributed by atoms with E-state index in [4.69, 9.17) is 0 Å². The van der Waals surface area contributed by atoms with E-state index in [1.165, 1.54) is 38.1 Å². The van der Waals surface area contributed by atoms with Crippen LogP contribution >= 0.6 is 0 Å². The largest absolute Gasteiger partial charge is 0.370 e. The number of hydrogen-bond acceptors (Lipinski definition) is 6. The standard InChI is InChI=1S/C19H23N5O2/c1-14-4-2-8-23(13-14)9-3-7-21-19-10-15(12-20)17-11-16(24(25)26)5-6-18(17)22-19/h5-6,10-11,14H,2-4,7-9,13H2,1H3,(H,21,22). The number of rotatable bonds is 6. The lowest BCUT2D eigenvalue weighted by molar-refractivity contribution is -0.384. The van der Waals surface area contributed by atoms with Gasteiger partial charge in [0.15, 0.2) is 0 Å². The highest BCUT2D eigenvalue weighted by Crippen LogP contribution is 2.25. The molecule has 1 saturated heterocycles. The molecule has 2 heterocycles. The van der Waals surface area contributed by atoms with Crippen LogP contribution in [0.5, 0.6) is 0 Å². The number of nitro groups is 1. The van der Waals surface area contributed by atoms with Crippen LogP contribution in [0.25, 0.3) is 10.9 Å². The molecule has 0 bridgehead atoms. The molecule has 3 rings (SSSR count). The van der Waals surface area contributed by atoms with E-state index < -0.39 is 4.92 Å². The van der Waals surface area contributed by atoms with Crippen LogP contribution in [0.1, 0.15) is 31.7 Å². The summed E-state index contributed by atoms with van der Waals surface area (Å²) in [6.45, 7) is 6.49. The third kappa shape index (κ3) is 4.27. The van der Waals surface area contributed by atoms with E-state index in [2.05, 4.69) is 28.2 Å². The van der Waals surface area contributed by atoms with E-state index in [0.29, 0.717) is 22.3 Å². The number of hydrogen-bond donors (Lipinski definition) is 1. The van der Waals surface area contributed by atoms with Gasteiger partial charge in [0.2, 0.25) is 0 Å². The number of pyridine rings is 1. The minimum atomic E-state index is -0.464. The fourth-order valence-electron chi connectivity index (χ4n) is 3.52. The SMILES string of the molecule is CC1CCCN(CCCNc2cc(C#N)c3cc([N+](=O)[O-])ccc3n2)C1. The Bertz CT molecular complexity index is 846. The fourth-order valence-corrected chi connectivity index (χ4v) is 3.52. The number of non-ortho nitro benzene ring substituents is 1. The Morgan fingerprint density at radius 3 is 3.04 bits per heavy atom. The van der Waals surface area contributed by atoms with Crippen LogP contribution in [-0.4, -0.2) is 41.0 Å². The maximum atomic E-state index is 10.9. The second-order valence-electron chi connectivity index (χ2n) is 6.95. The number of likely N-dealkylation sites (tertiary alicyclic amines) is 1. The number of piperidine rings is 1. The molecule has 0 amide bonds. The van der Waals surface area contributed by atoms with Crippen molar-refractivity contribution in [2.24, 2.45) is 5.92 Å². The summed E-state index contributed by atoms with van der Waals surface area (Å²) < 4.78 is 0. The van der Waals surface area contributed by atoms with Crippen molar-refractivity contribution in [2.75, 3.05) is 31.5 Å². The lowest BCUT2D eigenvalue weighted by Crippen LogP contribution is -2.35. The topological polar surface area (TPSA) is 95.1 Å². The van der Waals surface area contributed by atoms with Gasteiger partial charge in [-0.15, -0.1) is 0 Å². The van der Waals surface area contributed by atoms with E-state index in [0.717, 1.165) is 25.4 Å². The molecule has 0 radical (unpaired) electrons. The average Bonchev–Trinajstić information content (AvgIpc) is 2.64. The molecule has 26 heavy (non-hydrogen) atoms. The fraction of sp³-hybridized carbons (Fsp3) is 0.474. The van der Waals surface area contributed by atoms with Crippen molar-refractivity contribution in [3.05, 3.63) is 39.9 Å². The number of fused-ring (bicyclic) bond motifs is 1. The minimum Gasteiger partial charge on any atom is -0.370 e. The smallest absolute Gasteiger partial charge is 0.270 e. The molecule has 1 aliphatic heterocycles. The van der Waals surface area contributed by atoms with Crippen molar-refractivity contribution in [3.8, 4) is 6.07 Å². The number of nitrogens with one attached hydrogen (secondary N) is 1. The Hall–Kier alpha value is -2.72. The first-order valence-corrected chi connectivity index (χ1v) is 9.02. The minimum absolute atomic E-state index is 0.0349. The van der Waals surface area contributed by atoms with Gasteiger partial charge in [0.05, 0.1) is 22.1 Å². The van der Waals surface area contributed by atoms with Crippen molar-refractivity contribution < 1.29 is 4.92 Å². The number of nitriles is 1. The predicted molar refractivity (Wildman–Crippen MR) is 101 cm³/mol. The summed E-state index contributed by atoms with van der Waals surface area (Å²) in [6.07, 6.45) is 3.61. The molecule has 0 aliphatic carbocycles. The molecule has 7 nitrogen and oxygen atoms in total. The summed E-state index contributed by atoms with van der Waals surface area (Å²) in [5.74, 6) is 1.41. The molecule has 1 atom stereocenters. The number of nitro benzene ring substituents is 1. The summed E-state index contributed by atoms with van der Waals surface area (Å²) in [5, 5.41) is 24.1. The Labute approximate surface area is 152 Å². The summed E-state index contributed by atoms with van der Waals surface area (Å²) in [5.41, 5.74) is 0.945. The number of anilines is 1. The van der Waals surface area contributed by atoms with Crippen LogP contribution in [-0.2, 0) is 0 Å². The van der Waals surface area contributed by atoms with Gasteiger partial charge in [-0.1, -0.05) is 6.92 Å².